The van der Waals surface area contributed by atoms with Crippen molar-refractivity contribution >= 4 is 17.5 Å². The molecule has 6 heteroatoms. The van der Waals surface area contributed by atoms with Crippen molar-refractivity contribution < 1.29 is 9.53 Å². The Morgan fingerprint density at radius 3 is 2.82 bits per heavy atom. The summed E-state index contributed by atoms with van der Waals surface area (Å²) in [5, 5.41) is 2.97. The van der Waals surface area contributed by atoms with Crippen LogP contribution in [0.1, 0.15) is 34.1 Å². The Balaban J connectivity index is 2.02. The van der Waals surface area contributed by atoms with E-state index in [2.05, 4.69) is 22.1 Å². The van der Waals surface area contributed by atoms with Crippen molar-refractivity contribution in [3.63, 3.8) is 0 Å². The number of carbonyl (C=O) groups is 1. The van der Waals surface area contributed by atoms with Crippen LogP contribution in [0, 0.1) is 5.92 Å². The van der Waals surface area contributed by atoms with Gasteiger partial charge in [-0.1, -0.05) is 6.92 Å². The molecule has 1 aromatic heterocycles. The van der Waals surface area contributed by atoms with Gasteiger partial charge in [-0.2, -0.15) is 0 Å². The summed E-state index contributed by atoms with van der Waals surface area (Å²) in [5.74, 6) is 0.459. The number of hydrogen-bond acceptors (Lipinski definition) is 5. The lowest BCUT2D eigenvalue weighted by Gasteiger charge is -2.38. The lowest BCUT2D eigenvalue weighted by Crippen LogP contribution is -2.51. The second-order valence-electron chi connectivity index (χ2n) is 7.02. The van der Waals surface area contributed by atoms with Crippen LogP contribution < -0.4 is 16.0 Å². The summed E-state index contributed by atoms with van der Waals surface area (Å²) in [6.07, 6.45) is 3.96. The van der Waals surface area contributed by atoms with E-state index in [0.29, 0.717) is 11.6 Å². The number of pyridine rings is 1. The molecule has 1 aliphatic rings. The number of alkyl carbamates (subject to hydrolysis) is 1. The minimum absolute atomic E-state index is 0.0474. The molecule has 6 nitrogen and oxygen atoms in total. The Labute approximate surface area is 132 Å². The van der Waals surface area contributed by atoms with Gasteiger partial charge in [-0.05, 0) is 39.2 Å². The molecule has 0 aliphatic carbocycles. The molecule has 1 aliphatic heterocycles. The lowest BCUT2D eigenvalue weighted by molar-refractivity contribution is 0.0495. The largest absolute Gasteiger partial charge is 0.444 e. The van der Waals surface area contributed by atoms with E-state index in [4.69, 9.17) is 10.5 Å². The summed E-state index contributed by atoms with van der Waals surface area (Å²) < 4.78 is 5.34. The van der Waals surface area contributed by atoms with Gasteiger partial charge in [-0.15, -0.1) is 0 Å². The van der Waals surface area contributed by atoms with Crippen LogP contribution in [-0.2, 0) is 4.74 Å². The quantitative estimate of drug-likeness (QED) is 0.877. The topological polar surface area (TPSA) is 80.5 Å². The molecular formula is C16H26N4O2. The van der Waals surface area contributed by atoms with Gasteiger partial charge >= 0.3 is 6.09 Å². The van der Waals surface area contributed by atoms with Crippen molar-refractivity contribution in [2.45, 2.75) is 45.8 Å². The molecule has 22 heavy (non-hydrogen) atoms. The molecule has 0 aromatic carbocycles. The van der Waals surface area contributed by atoms with Crippen molar-refractivity contribution in [2.75, 3.05) is 23.7 Å². The van der Waals surface area contributed by atoms with Gasteiger partial charge in [0.1, 0.15) is 5.60 Å². The van der Waals surface area contributed by atoms with Crippen LogP contribution >= 0.6 is 0 Å². The van der Waals surface area contributed by atoms with Crippen molar-refractivity contribution in [1.82, 2.24) is 10.3 Å². The SMILES string of the molecule is C[C@H]1CC(NC(=O)OC(C)(C)C)CN(c2ccncc2N)C1. The first-order chi connectivity index (χ1) is 10.2. The summed E-state index contributed by atoms with van der Waals surface area (Å²) >= 11 is 0. The number of rotatable bonds is 2. The van der Waals surface area contributed by atoms with Gasteiger partial charge in [-0.25, -0.2) is 4.79 Å². The third-order valence-corrected chi connectivity index (χ3v) is 3.55. The van der Waals surface area contributed by atoms with Gasteiger partial charge in [-0.3, -0.25) is 4.98 Å². The van der Waals surface area contributed by atoms with E-state index in [1.54, 1.807) is 12.4 Å². The number of aromatic nitrogens is 1. The number of carbonyl (C=O) groups excluding carboxylic acids is 1. The van der Waals surface area contributed by atoms with Crippen LogP contribution in [0.4, 0.5) is 16.2 Å². The molecule has 2 atom stereocenters. The number of ether oxygens (including phenoxy) is 1. The van der Waals surface area contributed by atoms with Crippen molar-refractivity contribution in [3.05, 3.63) is 18.5 Å². The van der Waals surface area contributed by atoms with Crippen LogP contribution in [0.25, 0.3) is 0 Å². The van der Waals surface area contributed by atoms with Crippen LogP contribution in [-0.4, -0.2) is 35.8 Å². The Bertz CT molecular complexity index is 527. The average Bonchev–Trinajstić information content (AvgIpc) is 2.35. The highest BCUT2D eigenvalue weighted by Gasteiger charge is 2.28. The first-order valence-corrected chi connectivity index (χ1v) is 7.68. The predicted octanol–water partition coefficient (Wildman–Crippen LogP) is 2.40. The first-order valence-electron chi connectivity index (χ1n) is 7.68. The van der Waals surface area contributed by atoms with Gasteiger partial charge in [0.05, 0.1) is 17.6 Å². The molecule has 2 rings (SSSR count). The maximum absolute atomic E-state index is 12.0. The van der Waals surface area contributed by atoms with Gasteiger partial charge < -0.3 is 20.7 Å². The second-order valence-corrected chi connectivity index (χ2v) is 7.02. The molecule has 3 N–H and O–H groups in total. The zero-order valence-electron chi connectivity index (χ0n) is 13.8. The second kappa shape index (κ2) is 6.42. The summed E-state index contributed by atoms with van der Waals surface area (Å²) in [5.41, 5.74) is 7.15. The summed E-state index contributed by atoms with van der Waals surface area (Å²) in [6, 6.07) is 1.96. The Morgan fingerprint density at radius 2 is 2.18 bits per heavy atom. The van der Waals surface area contributed by atoms with Crippen molar-refractivity contribution in [2.24, 2.45) is 5.92 Å². The standard InChI is InChI=1S/C16H26N4O2/c1-11-7-12(19-15(21)22-16(2,3)4)10-20(9-11)14-5-6-18-8-13(14)17/h5-6,8,11-12H,7,9-10,17H2,1-4H3,(H,19,21)/t11-,12?/m0/s1. The summed E-state index contributed by atoms with van der Waals surface area (Å²) in [4.78, 5) is 18.2. The number of piperidine rings is 1. The zero-order chi connectivity index (χ0) is 16.3. The predicted molar refractivity (Wildman–Crippen MR) is 87.8 cm³/mol. The third-order valence-electron chi connectivity index (χ3n) is 3.55. The molecular weight excluding hydrogens is 280 g/mol. The molecule has 0 saturated carbocycles. The smallest absolute Gasteiger partial charge is 0.407 e. The average molecular weight is 306 g/mol. The molecule has 0 spiro atoms. The molecule has 2 heterocycles. The monoisotopic (exact) mass is 306 g/mol. The fraction of sp³-hybridized carbons (Fsp3) is 0.625. The van der Waals surface area contributed by atoms with Crippen molar-refractivity contribution in [3.8, 4) is 0 Å². The lowest BCUT2D eigenvalue weighted by atomic mass is 9.95. The van der Waals surface area contributed by atoms with E-state index < -0.39 is 5.60 Å². The third kappa shape index (κ3) is 4.51. The highest BCUT2D eigenvalue weighted by molar-refractivity contribution is 5.69. The highest BCUT2D eigenvalue weighted by atomic mass is 16.6. The first kappa shape index (κ1) is 16.4. The molecule has 122 valence electrons. The van der Waals surface area contributed by atoms with E-state index >= 15 is 0 Å². The van der Waals surface area contributed by atoms with Crippen LogP contribution in [0.2, 0.25) is 0 Å². The number of hydrogen-bond donors (Lipinski definition) is 2. The van der Waals surface area contributed by atoms with Crippen LogP contribution in [0.3, 0.4) is 0 Å². The molecule has 1 saturated heterocycles. The molecule has 1 unspecified atom stereocenters. The maximum atomic E-state index is 12.0. The summed E-state index contributed by atoms with van der Waals surface area (Å²) in [7, 11) is 0. The molecule has 0 radical (unpaired) electrons. The number of amides is 1. The minimum atomic E-state index is -0.487. The van der Waals surface area contributed by atoms with Gasteiger partial charge in [0.2, 0.25) is 0 Å². The molecule has 1 amide bonds. The van der Waals surface area contributed by atoms with Crippen LogP contribution in [0.5, 0.6) is 0 Å². The van der Waals surface area contributed by atoms with Crippen LogP contribution in [0.15, 0.2) is 18.5 Å². The Kier molecular flexibility index (Phi) is 4.78. The minimum Gasteiger partial charge on any atom is -0.444 e. The van der Waals surface area contributed by atoms with E-state index in [9.17, 15) is 4.79 Å². The maximum Gasteiger partial charge on any atom is 0.407 e. The zero-order valence-corrected chi connectivity index (χ0v) is 13.8. The normalized spacial score (nSPS) is 22.3. The number of nitrogens with two attached hydrogens (primary N) is 1. The fourth-order valence-corrected chi connectivity index (χ4v) is 2.81. The fourth-order valence-electron chi connectivity index (χ4n) is 2.81. The Hall–Kier alpha value is -1.98. The van der Waals surface area contributed by atoms with E-state index in [1.807, 2.05) is 26.8 Å². The van der Waals surface area contributed by atoms with Gasteiger partial charge in [0.25, 0.3) is 0 Å². The highest BCUT2D eigenvalue weighted by Crippen LogP contribution is 2.27. The van der Waals surface area contributed by atoms with E-state index in [-0.39, 0.29) is 12.1 Å². The van der Waals surface area contributed by atoms with Gasteiger partial charge in [0, 0.05) is 25.3 Å². The number of nitrogen functional groups attached to an aromatic ring is 1. The Morgan fingerprint density at radius 1 is 1.45 bits per heavy atom. The van der Waals surface area contributed by atoms with Gasteiger partial charge in [0.15, 0.2) is 0 Å². The molecule has 1 fully saturated rings. The summed E-state index contributed by atoms with van der Waals surface area (Å²) in [6.45, 7) is 9.39. The molecule has 1 aromatic rings. The van der Waals surface area contributed by atoms with E-state index in [0.717, 1.165) is 25.2 Å². The number of anilines is 2. The van der Waals surface area contributed by atoms with E-state index in [1.165, 1.54) is 0 Å². The molecule has 0 bridgehead atoms. The number of nitrogens with one attached hydrogen (secondary N) is 1. The number of nitrogens with zero attached hydrogens (tertiary/aromatic N) is 2. The van der Waals surface area contributed by atoms with Crippen molar-refractivity contribution in [1.29, 1.82) is 0 Å².